The Morgan fingerprint density at radius 1 is 1.21 bits per heavy atom. The number of rotatable bonds is 5. The smallest absolute Gasteiger partial charge is 0.247 e. The molecule has 0 bridgehead atoms. The molecule has 8 heteroatoms. The van der Waals surface area contributed by atoms with E-state index < -0.39 is 6.23 Å². The highest BCUT2D eigenvalue weighted by molar-refractivity contribution is 7.99. The van der Waals surface area contributed by atoms with Crippen molar-refractivity contribution in [3.05, 3.63) is 59.2 Å². The van der Waals surface area contributed by atoms with E-state index in [1.165, 1.54) is 6.92 Å². The molecule has 0 aliphatic carbocycles. The fraction of sp³-hybridized carbons (Fsp3) is 0.320. The minimum absolute atomic E-state index is 0.179. The molecular weight excluding hydrogens is 434 g/mol. The molecule has 1 aliphatic rings. The Morgan fingerprint density at radius 3 is 2.64 bits per heavy atom. The van der Waals surface area contributed by atoms with Gasteiger partial charge in [0.1, 0.15) is 0 Å². The largest absolute Gasteiger partial charge is 0.447 e. The zero-order chi connectivity index (χ0) is 23.5. The van der Waals surface area contributed by atoms with Crippen LogP contribution in [0.25, 0.3) is 11.3 Å². The van der Waals surface area contributed by atoms with Crippen LogP contribution in [0.4, 0.5) is 5.69 Å². The number of carbonyl (C=O) groups is 1. The van der Waals surface area contributed by atoms with Crippen LogP contribution in [-0.2, 0) is 4.79 Å². The minimum atomic E-state index is -0.761. The Bertz CT molecular complexity index is 1220. The van der Waals surface area contributed by atoms with Crippen molar-refractivity contribution in [1.29, 1.82) is 5.26 Å². The Balaban J connectivity index is 1.84. The summed E-state index contributed by atoms with van der Waals surface area (Å²) < 4.78 is 6.38. The lowest BCUT2D eigenvalue weighted by Crippen LogP contribution is -2.36. The first kappa shape index (κ1) is 22.7. The maximum Gasteiger partial charge on any atom is 0.247 e. The summed E-state index contributed by atoms with van der Waals surface area (Å²) in [6.07, 6.45) is 0.281. The number of nitriles is 1. The molecule has 2 aromatic carbocycles. The van der Waals surface area contributed by atoms with Gasteiger partial charge in [0.05, 0.1) is 17.3 Å². The minimum Gasteiger partial charge on any atom is -0.447 e. The number of aromatic nitrogens is 3. The van der Waals surface area contributed by atoms with Crippen LogP contribution >= 0.6 is 11.8 Å². The van der Waals surface area contributed by atoms with Crippen molar-refractivity contribution in [2.24, 2.45) is 5.92 Å². The van der Waals surface area contributed by atoms with Gasteiger partial charge in [0, 0.05) is 23.8 Å². The normalized spacial score (nSPS) is 14.7. The molecular formula is C25H25N5O2S. The van der Waals surface area contributed by atoms with Gasteiger partial charge in [0.15, 0.2) is 5.69 Å². The number of fused-ring (bicyclic) bond motifs is 3. The molecule has 1 amide bonds. The molecule has 0 N–H and O–H groups in total. The molecule has 7 nitrogen and oxygen atoms in total. The number of aryl methyl sites for hydroxylation is 1. The molecule has 1 aliphatic heterocycles. The predicted molar refractivity (Wildman–Crippen MR) is 128 cm³/mol. The van der Waals surface area contributed by atoms with Crippen LogP contribution in [0.1, 0.15) is 50.1 Å². The van der Waals surface area contributed by atoms with Gasteiger partial charge in [-0.05, 0) is 43.5 Å². The average Bonchev–Trinajstić information content (AvgIpc) is 2.93. The van der Waals surface area contributed by atoms with Gasteiger partial charge in [-0.1, -0.05) is 49.4 Å². The summed E-state index contributed by atoms with van der Waals surface area (Å²) in [6.45, 7) is 7.85. The van der Waals surface area contributed by atoms with E-state index in [9.17, 15) is 10.1 Å². The highest BCUT2D eigenvalue weighted by atomic mass is 32.2. The number of carbonyl (C=O) groups excluding carboxylic acids is 1. The molecule has 0 spiro atoms. The standard InChI is InChI=1S/C25H25N5O2S/c1-15(2)11-12-33-25-27-23-22(28-29-25)20-13-16(3)5-10-21(20)30(17(4)31)24(32-23)19-8-6-18(14-26)7-9-19/h5-10,13,15,24H,11-12H2,1-4H3/t24-/m1/s1. The molecule has 4 rings (SSSR count). The molecule has 1 atom stereocenters. The zero-order valence-corrected chi connectivity index (χ0v) is 19.9. The zero-order valence-electron chi connectivity index (χ0n) is 19.1. The van der Waals surface area contributed by atoms with Gasteiger partial charge in [-0.2, -0.15) is 10.2 Å². The maximum atomic E-state index is 12.9. The first-order chi connectivity index (χ1) is 15.9. The summed E-state index contributed by atoms with van der Waals surface area (Å²) in [5.74, 6) is 1.62. The van der Waals surface area contributed by atoms with Crippen molar-refractivity contribution in [3.63, 3.8) is 0 Å². The number of thioether (sulfide) groups is 1. The number of anilines is 1. The van der Waals surface area contributed by atoms with Gasteiger partial charge < -0.3 is 4.74 Å². The molecule has 1 aromatic heterocycles. The number of ether oxygens (including phenoxy) is 1. The van der Waals surface area contributed by atoms with Crippen LogP contribution in [0.2, 0.25) is 0 Å². The Morgan fingerprint density at radius 2 is 1.97 bits per heavy atom. The van der Waals surface area contributed by atoms with E-state index in [0.29, 0.717) is 33.9 Å². The van der Waals surface area contributed by atoms with Crippen molar-refractivity contribution >= 4 is 23.4 Å². The number of amides is 1. The molecule has 0 saturated carbocycles. The van der Waals surface area contributed by atoms with E-state index >= 15 is 0 Å². The van der Waals surface area contributed by atoms with Crippen LogP contribution in [0.3, 0.4) is 0 Å². The van der Waals surface area contributed by atoms with E-state index in [4.69, 9.17) is 4.74 Å². The third-order valence-electron chi connectivity index (χ3n) is 5.35. The van der Waals surface area contributed by atoms with Gasteiger partial charge in [0.2, 0.25) is 23.2 Å². The second kappa shape index (κ2) is 9.59. The molecule has 0 fully saturated rings. The highest BCUT2D eigenvalue weighted by Gasteiger charge is 2.34. The van der Waals surface area contributed by atoms with Crippen LogP contribution in [-0.4, -0.2) is 26.8 Å². The monoisotopic (exact) mass is 459 g/mol. The summed E-state index contributed by atoms with van der Waals surface area (Å²) in [7, 11) is 0. The van der Waals surface area contributed by atoms with Gasteiger partial charge in [-0.3, -0.25) is 9.69 Å². The lowest BCUT2D eigenvalue weighted by molar-refractivity contribution is -0.118. The SMILES string of the molecule is CC(=O)N1c2ccc(C)cc2-c2nnc(SCCC(C)C)nc2O[C@@H]1c1ccc(C#N)cc1. The van der Waals surface area contributed by atoms with Gasteiger partial charge in [0.25, 0.3) is 0 Å². The molecule has 0 radical (unpaired) electrons. The summed E-state index contributed by atoms with van der Waals surface area (Å²) in [5.41, 5.74) is 4.22. The van der Waals surface area contributed by atoms with Crippen LogP contribution in [0.15, 0.2) is 47.6 Å². The van der Waals surface area contributed by atoms with Crippen LogP contribution in [0.5, 0.6) is 5.88 Å². The summed E-state index contributed by atoms with van der Waals surface area (Å²) >= 11 is 1.54. The van der Waals surface area contributed by atoms with Crippen LogP contribution in [0, 0.1) is 24.2 Å². The third kappa shape index (κ3) is 4.83. The van der Waals surface area contributed by atoms with Crippen molar-refractivity contribution in [2.75, 3.05) is 10.7 Å². The Labute approximate surface area is 197 Å². The second-order valence-corrected chi connectivity index (χ2v) is 9.45. The van der Waals surface area contributed by atoms with Gasteiger partial charge in [-0.15, -0.1) is 10.2 Å². The fourth-order valence-corrected chi connectivity index (χ4v) is 4.62. The average molecular weight is 460 g/mol. The molecule has 33 heavy (non-hydrogen) atoms. The topological polar surface area (TPSA) is 92.0 Å². The lowest BCUT2D eigenvalue weighted by atomic mass is 10.0. The molecule has 2 heterocycles. The third-order valence-corrected chi connectivity index (χ3v) is 6.22. The van der Waals surface area contributed by atoms with E-state index in [0.717, 1.165) is 28.9 Å². The molecule has 0 unspecified atom stereocenters. The van der Waals surface area contributed by atoms with E-state index in [1.807, 2.05) is 25.1 Å². The van der Waals surface area contributed by atoms with Crippen molar-refractivity contribution in [1.82, 2.24) is 15.2 Å². The van der Waals surface area contributed by atoms with Crippen molar-refractivity contribution in [2.45, 2.75) is 45.5 Å². The lowest BCUT2D eigenvalue weighted by Gasteiger charge is -2.30. The molecule has 3 aromatic rings. The summed E-state index contributed by atoms with van der Waals surface area (Å²) in [4.78, 5) is 19.1. The van der Waals surface area contributed by atoms with E-state index in [1.54, 1.807) is 40.9 Å². The van der Waals surface area contributed by atoms with E-state index in [-0.39, 0.29) is 5.91 Å². The Hall–Kier alpha value is -3.44. The summed E-state index contributed by atoms with van der Waals surface area (Å²) in [5, 5.41) is 18.5. The fourth-order valence-electron chi connectivity index (χ4n) is 3.60. The highest BCUT2D eigenvalue weighted by Crippen LogP contribution is 2.43. The van der Waals surface area contributed by atoms with Crippen molar-refractivity contribution in [3.8, 4) is 23.2 Å². The van der Waals surface area contributed by atoms with Crippen LogP contribution < -0.4 is 9.64 Å². The van der Waals surface area contributed by atoms with E-state index in [2.05, 4.69) is 35.1 Å². The first-order valence-corrected chi connectivity index (χ1v) is 11.8. The number of benzene rings is 2. The molecule has 0 saturated heterocycles. The number of hydrogen-bond donors (Lipinski definition) is 0. The quantitative estimate of drug-likeness (QED) is 0.478. The maximum absolute atomic E-state index is 12.9. The van der Waals surface area contributed by atoms with Gasteiger partial charge in [-0.25, -0.2) is 0 Å². The van der Waals surface area contributed by atoms with Gasteiger partial charge >= 0.3 is 0 Å². The first-order valence-electron chi connectivity index (χ1n) is 10.8. The predicted octanol–water partition coefficient (Wildman–Crippen LogP) is 5.30. The molecule has 168 valence electrons. The second-order valence-electron chi connectivity index (χ2n) is 8.39. The number of nitrogens with zero attached hydrogens (tertiary/aromatic N) is 5. The Kier molecular flexibility index (Phi) is 6.61. The van der Waals surface area contributed by atoms with Crippen molar-refractivity contribution < 1.29 is 9.53 Å². The summed E-state index contributed by atoms with van der Waals surface area (Å²) in [6, 6.07) is 15.0. The number of hydrogen-bond acceptors (Lipinski definition) is 7.